The molecule has 0 saturated heterocycles. The number of rotatable bonds is 9. The highest BCUT2D eigenvalue weighted by atomic mass is 32.2. The molecule has 10 heteroatoms. The van der Waals surface area contributed by atoms with Gasteiger partial charge in [0.05, 0.1) is 18.5 Å². The number of carbonyl (C=O) groups is 1. The number of aromatic nitrogens is 2. The molecule has 0 aliphatic heterocycles. The molecule has 31 heavy (non-hydrogen) atoms. The van der Waals surface area contributed by atoms with E-state index in [0.29, 0.717) is 16.4 Å². The van der Waals surface area contributed by atoms with Crippen molar-refractivity contribution < 1.29 is 13.2 Å². The largest absolute Gasteiger partial charge is 0.296 e. The molecule has 1 N–H and O–H groups in total. The minimum atomic E-state index is -3.47. The van der Waals surface area contributed by atoms with Crippen molar-refractivity contribution in [1.29, 1.82) is 0 Å². The van der Waals surface area contributed by atoms with Crippen LogP contribution in [0.5, 0.6) is 0 Å². The predicted octanol–water partition coefficient (Wildman–Crippen LogP) is 4.57. The molecule has 1 amide bonds. The van der Waals surface area contributed by atoms with Crippen LogP contribution in [-0.4, -0.2) is 36.5 Å². The summed E-state index contributed by atoms with van der Waals surface area (Å²) in [5, 5.41) is 11.3. The molecule has 2 aromatic carbocycles. The van der Waals surface area contributed by atoms with Crippen LogP contribution in [0.4, 0.5) is 10.8 Å². The second kappa shape index (κ2) is 10.3. The summed E-state index contributed by atoms with van der Waals surface area (Å²) in [7, 11) is -3.47. The summed E-state index contributed by atoms with van der Waals surface area (Å²) in [6.07, 6.45) is 2.23. The van der Waals surface area contributed by atoms with Crippen LogP contribution in [0.25, 0.3) is 0 Å². The summed E-state index contributed by atoms with van der Waals surface area (Å²) < 4.78 is 26.9. The molecule has 1 aromatic heterocycles. The van der Waals surface area contributed by atoms with E-state index in [1.807, 2.05) is 25.1 Å². The molecule has 0 fully saturated rings. The van der Waals surface area contributed by atoms with Gasteiger partial charge in [0.15, 0.2) is 4.34 Å². The number of nitrogens with zero attached hydrogens (tertiary/aromatic N) is 3. The number of sulfonamides is 1. The molecule has 0 saturated carbocycles. The lowest BCUT2D eigenvalue weighted by molar-refractivity contribution is 0.102. The van der Waals surface area contributed by atoms with Crippen molar-refractivity contribution in [1.82, 2.24) is 10.2 Å². The van der Waals surface area contributed by atoms with Crippen LogP contribution in [0, 0.1) is 6.92 Å². The van der Waals surface area contributed by atoms with E-state index in [0.717, 1.165) is 27.6 Å². The Morgan fingerprint density at radius 1 is 1.16 bits per heavy atom. The fraction of sp³-hybridized carbons (Fsp3) is 0.286. The van der Waals surface area contributed by atoms with Gasteiger partial charge < -0.3 is 0 Å². The van der Waals surface area contributed by atoms with Crippen LogP contribution in [-0.2, 0) is 16.6 Å². The van der Waals surface area contributed by atoms with E-state index in [1.54, 1.807) is 42.1 Å². The highest BCUT2D eigenvalue weighted by Crippen LogP contribution is 2.26. The van der Waals surface area contributed by atoms with E-state index in [9.17, 15) is 13.2 Å². The van der Waals surface area contributed by atoms with Crippen molar-refractivity contribution in [2.24, 2.45) is 0 Å². The lowest BCUT2D eigenvalue weighted by Gasteiger charge is -2.23. The fourth-order valence-electron chi connectivity index (χ4n) is 2.79. The van der Waals surface area contributed by atoms with Gasteiger partial charge in [-0.2, -0.15) is 0 Å². The Morgan fingerprint density at radius 2 is 1.90 bits per heavy atom. The van der Waals surface area contributed by atoms with Gasteiger partial charge in [-0.05, 0) is 48.7 Å². The zero-order chi connectivity index (χ0) is 22.4. The number of thioether (sulfide) groups is 1. The predicted molar refractivity (Wildman–Crippen MR) is 128 cm³/mol. The Hall–Kier alpha value is -2.43. The monoisotopic (exact) mass is 476 g/mol. The van der Waals surface area contributed by atoms with Crippen molar-refractivity contribution in [3.05, 3.63) is 65.2 Å². The van der Waals surface area contributed by atoms with Gasteiger partial charge in [-0.15, -0.1) is 10.2 Å². The lowest BCUT2D eigenvalue weighted by atomic mass is 10.1. The Balaban J connectivity index is 1.69. The van der Waals surface area contributed by atoms with Crippen molar-refractivity contribution in [2.45, 2.75) is 31.2 Å². The molecular weight excluding hydrogens is 452 g/mol. The van der Waals surface area contributed by atoms with Crippen LogP contribution in [0.3, 0.4) is 0 Å². The molecule has 0 radical (unpaired) electrons. The molecule has 0 aliphatic carbocycles. The Kier molecular flexibility index (Phi) is 7.69. The SMILES string of the molecule is CCCSc1nnc(NC(=O)c2ccc(CN(c3cccc(C)c3)S(C)(=O)=O)cc2)s1. The molecule has 0 bridgehead atoms. The maximum absolute atomic E-state index is 12.5. The van der Waals surface area contributed by atoms with E-state index in [1.165, 1.54) is 21.9 Å². The van der Waals surface area contributed by atoms with Gasteiger partial charge in [-0.1, -0.05) is 54.3 Å². The molecular formula is C21H24N4O3S3. The van der Waals surface area contributed by atoms with E-state index >= 15 is 0 Å². The van der Waals surface area contributed by atoms with Crippen molar-refractivity contribution >= 4 is 49.8 Å². The van der Waals surface area contributed by atoms with E-state index in [2.05, 4.69) is 22.4 Å². The lowest BCUT2D eigenvalue weighted by Crippen LogP contribution is -2.29. The number of anilines is 2. The Morgan fingerprint density at radius 3 is 2.55 bits per heavy atom. The molecule has 0 atom stereocenters. The van der Waals surface area contributed by atoms with Gasteiger partial charge in [-0.3, -0.25) is 14.4 Å². The smallest absolute Gasteiger partial charge is 0.257 e. The first-order chi connectivity index (χ1) is 14.8. The van der Waals surface area contributed by atoms with Crippen LogP contribution in [0.1, 0.15) is 34.8 Å². The first-order valence-corrected chi connectivity index (χ1v) is 13.3. The van der Waals surface area contributed by atoms with Crippen LogP contribution < -0.4 is 9.62 Å². The minimum Gasteiger partial charge on any atom is -0.296 e. The number of hydrogen-bond acceptors (Lipinski definition) is 7. The third-order valence-corrected chi connectivity index (χ3v) is 7.61. The highest BCUT2D eigenvalue weighted by molar-refractivity contribution is 8.01. The number of hydrogen-bond donors (Lipinski definition) is 1. The molecule has 164 valence electrons. The van der Waals surface area contributed by atoms with Gasteiger partial charge in [0, 0.05) is 11.3 Å². The Bertz CT molecular complexity index is 1140. The van der Waals surface area contributed by atoms with E-state index < -0.39 is 10.0 Å². The zero-order valence-corrected chi connectivity index (χ0v) is 20.0. The third-order valence-electron chi connectivity index (χ3n) is 4.29. The molecule has 0 unspecified atom stereocenters. The average Bonchev–Trinajstić information content (AvgIpc) is 3.17. The zero-order valence-electron chi connectivity index (χ0n) is 17.5. The molecule has 1 heterocycles. The number of carbonyl (C=O) groups excluding carboxylic acids is 1. The second-order valence-corrected chi connectivity index (χ2v) is 11.2. The quantitative estimate of drug-likeness (QED) is 0.359. The number of amides is 1. The van der Waals surface area contributed by atoms with E-state index in [-0.39, 0.29) is 12.5 Å². The molecule has 0 spiro atoms. The van der Waals surface area contributed by atoms with Crippen molar-refractivity contribution in [3.8, 4) is 0 Å². The summed E-state index contributed by atoms with van der Waals surface area (Å²) in [6.45, 7) is 4.19. The molecule has 7 nitrogen and oxygen atoms in total. The van der Waals surface area contributed by atoms with Crippen molar-refractivity contribution in [3.63, 3.8) is 0 Å². The topological polar surface area (TPSA) is 92.3 Å². The van der Waals surface area contributed by atoms with Crippen LogP contribution in [0.15, 0.2) is 52.9 Å². The number of aryl methyl sites for hydroxylation is 1. The molecule has 3 rings (SSSR count). The van der Waals surface area contributed by atoms with Gasteiger partial charge in [0.25, 0.3) is 5.91 Å². The van der Waals surface area contributed by atoms with Crippen molar-refractivity contribution in [2.75, 3.05) is 21.6 Å². The van der Waals surface area contributed by atoms with Crippen LogP contribution in [0.2, 0.25) is 0 Å². The molecule has 0 aliphatic rings. The second-order valence-electron chi connectivity index (χ2n) is 6.98. The van der Waals surface area contributed by atoms with Gasteiger partial charge >= 0.3 is 0 Å². The number of nitrogens with one attached hydrogen (secondary N) is 1. The summed E-state index contributed by atoms with van der Waals surface area (Å²) in [6, 6.07) is 14.2. The maximum atomic E-state index is 12.5. The summed E-state index contributed by atoms with van der Waals surface area (Å²) in [5.74, 6) is 0.672. The first-order valence-electron chi connectivity index (χ1n) is 9.67. The minimum absolute atomic E-state index is 0.179. The normalized spacial score (nSPS) is 11.3. The van der Waals surface area contributed by atoms with Gasteiger partial charge in [-0.25, -0.2) is 8.42 Å². The number of benzene rings is 2. The van der Waals surface area contributed by atoms with Gasteiger partial charge in [0.2, 0.25) is 15.2 Å². The summed E-state index contributed by atoms with van der Waals surface area (Å²) in [4.78, 5) is 12.5. The highest BCUT2D eigenvalue weighted by Gasteiger charge is 2.18. The first kappa shape index (κ1) is 23.2. The summed E-state index contributed by atoms with van der Waals surface area (Å²) in [5.41, 5.74) is 2.82. The standard InChI is InChI=1S/C21H24N4O3S3/c1-4-12-29-21-24-23-20(30-21)22-19(26)17-10-8-16(9-11-17)14-25(31(3,27)28)18-7-5-6-15(2)13-18/h5-11,13H,4,12,14H2,1-3H3,(H,22,23,26). The average molecular weight is 477 g/mol. The Labute approximate surface area is 191 Å². The van der Waals surface area contributed by atoms with Crippen LogP contribution >= 0.6 is 23.1 Å². The van der Waals surface area contributed by atoms with E-state index in [4.69, 9.17) is 0 Å². The van der Waals surface area contributed by atoms with Gasteiger partial charge in [0.1, 0.15) is 0 Å². The fourth-order valence-corrected chi connectivity index (χ4v) is 5.34. The molecule has 3 aromatic rings. The maximum Gasteiger partial charge on any atom is 0.257 e. The third kappa shape index (κ3) is 6.52. The summed E-state index contributed by atoms with van der Waals surface area (Å²) >= 11 is 2.96.